The van der Waals surface area contributed by atoms with Gasteiger partial charge >= 0.3 is 0 Å². The number of ketones is 1. The van der Waals surface area contributed by atoms with Crippen molar-refractivity contribution < 1.29 is 9.53 Å². The van der Waals surface area contributed by atoms with Gasteiger partial charge in [-0.15, -0.1) is 0 Å². The van der Waals surface area contributed by atoms with Gasteiger partial charge in [0.1, 0.15) is 5.69 Å². The first-order valence-electron chi connectivity index (χ1n) is 12.0. The number of hydrogen-bond acceptors (Lipinski definition) is 6. The van der Waals surface area contributed by atoms with E-state index in [1.807, 2.05) is 77.5 Å². The first kappa shape index (κ1) is 22.1. The second-order valence-electron chi connectivity index (χ2n) is 8.76. The van der Waals surface area contributed by atoms with E-state index in [9.17, 15) is 4.79 Å². The average Bonchev–Trinajstić information content (AvgIpc) is 3.31. The smallest absolute Gasteiger partial charge is 0.178 e. The van der Waals surface area contributed by atoms with Gasteiger partial charge in [-0.3, -0.25) is 4.79 Å². The van der Waals surface area contributed by atoms with E-state index in [2.05, 4.69) is 22.1 Å². The molecule has 0 bridgehead atoms. The van der Waals surface area contributed by atoms with Crippen molar-refractivity contribution in [3.05, 3.63) is 89.9 Å². The fraction of sp³-hybridized carbons (Fsp3) is 0.172. The van der Waals surface area contributed by atoms with Gasteiger partial charge in [-0.2, -0.15) is 5.10 Å². The van der Waals surface area contributed by atoms with Gasteiger partial charge in [-0.25, -0.2) is 14.5 Å². The summed E-state index contributed by atoms with van der Waals surface area (Å²) in [7, 11) is 0. The summed E-state index contributed by atoms with van der Waals surface area (Å²) in [6, 6.07) is 21.7. The Balaban J connectivity index is 1.46. The van der Waals surface area contributed by atoms with Crippen molar-refractivity contribution in [1.29, 1.82) is 0 Å². The van der Waals surface area contributed by atoms with Gasteiger partial charge in [-0.05, 0) is 43.3 Å². The van der Waals surface area contributed by atoms with Crippen LogP contribution in [0, 0.1) is 0 Å². The highest BCUT2D eigenvalue weighted by molar-refractivity contribution is 6.06. The van der Waals surface area contributed by atoms with Crippen LogP contribution in [-0.2, 0) is 4.74 Å². The summed E-state index contributed by atoms with van der Waals surface area (Å²) in [5.41, 5.74) is 6.91. The second kappa shape index (κ2) is 9.36. The largest absolute Gasteiger partial charge is 0.378 e. The molecule has 6 rings (SSSR count). The third-order valence-electron chi connectivity index (χ3n) is 6.47. The van der Waals surface area contributed by atoms with Crippen LogP contribution in [-0.4, -0.2) is 51.7 Å². The number of benzene rings is 2. The van der Waals surface area contributed by atoms with Crippen molar-refractivity contribution >= 4 is 40.2 Å². The number of hydrogen-bond donors (Lipinski definition) is 0. The highest BCUT2D eigenvalue weighted by Gasteiger charge is 2.20. The quantitative estimate of drug-likeness (QED) is 0.327. The van der Waals surface area contributed by atoms with Gasteiger partial charge in [0, 0.05) is 29.6 Å². The van der Waals surface area contributed by atoms with Crippen LogP contribution in [0.3, 0.4) is 0 Å². The Bertz CT molecular complexity index is 1600. The first-order chi connectivity index (χ1) is 17.7. The number of nitrogens with zero attached hydrogens (tertiary/aromatic N) is 5. The molecule has 0 N–H and O–H groups in total. The van der Waals surface area contributed by atoms with Crippen LogP contribution in [0.15, 0.2) is 72.9 Å². The number of Topliss-reactive ketones (excluding diaryl/α,β-unsaturated/α-hetero) is 1. The van der Waals surface area contributed by atoms with Crippen molar-refractivity contribution in [2.24, 2.45) is 0 Å². The third kappa shape index (κ3) is 4.03. The van der Waals surface area contributed by atoms with E-state index in [0.29, 0.717) is 18.8 Å². The maximum absolute atomic E-state index is 12.0. The van der Waals surface area contributed by atoms with E-state index in [1.165, 1.54) is 0 Å². The molecule has 4 heterocycles. The molecular formula is C29H25N5O2. The van der Waals surface area contributed by atoms with E-state index < -0.39 is 0 Å². The van der Waals surface area contributed by atoms with E-state index >= 15 is 0 Å². The molecule has 0 radical (unpaired) electrons. The van der Waals surface area contributed by atoms with E-state index in [4.69, 9.17) is 14.7 Å². The van der Waals surface area contributed by atoms with Crippen LogP contribution in [0.4, 0.5) is 5.69 Å². The molecule has 0 saturated carbocycles. The molecule has 1 aliphatic rings. The van der Waals surface area contributed by atoms with Crippen molar-refractivity contribution in [3.8, 4) is 11.3 Å². The van der Waals surface area contributed by atoms with Crippen LogP contribution in [0.5, 0.6) is 0 Å². The highest BCUT2D eigenvalue weighted by Crippen LogP contribution is 2.30. The minimum Gasteiger partial charge on any atom is -0.378 e. The Hall–Kier alpha value is -4.36. The molecule has 7 heteroatoms. The lowest BCUT2D eigenvalue weighted by molar-refractivity contribution is 0.101. The Morgan fingerprint density at radius 3 is 2.56 bits per heavy atom. The Morgan fingerprint density at radius 1 is 0.917 bits per heavy atom. The van der Waals surface area contributed by atoms with E-state index in [-0.39, 0.29) is 5.78 Å². The molecule has 0 atom stereocenters. The zero-order valence-corrected chi connectivity index (χ0v) is 20.0. The van der Waals surface area contributed by atoms with Crippen molar-refractivity contribution in [3.63, 3.8) is 0 Å². The maximum atomic E-state index is 12.0. The molecule has 0 unspecified atom stereocenters. The Labute approximate surface area is 208 Å². The molecule has 7 nitrogen and oxygen atoms in total. The van der Waals surface area contributed by atoms with Gasteiger partial charge in [0.15, 0.2) is 11.4 Å². The Kier molecular flexibility index (Phi) is 5.75. The molecule has 3 aromatic heterocycles. The monoisotopic (exact) mass is 475 g/mol. The van der Waals surface area contributed by atoms with Crippen LogP contribution < -0.4 is 4.90 Å². The zero-order valence-electron chi connectivity index (χ0n) is 20.0. The predicted octanol–water partition coefficient (Wildman–Crippen LogP) is 5.15. The summed E-state index contributed by atoms with van der Waals surface area (Å²) < 4.78 is 7.47. The molecular weight excluding hydrogens is 450 g/mol. The zero-order chi connectivity index (χ0) is 24.5. The number of fused-ring (bicyclic) bond motifs is 2. The third-order valence-corrected chi connectivity index (χ3v) is 6.47. The summed E-state index contributed by atoms with van der Waals surface area (Å²) in [6.45, 7) is 4.62. The molecule has 2 aromatic carbocycles. The number of pyridine rings is 1. The number of rotatable bonds is 5. The molecule has 1 saturated heterocycles. The standard InChI is InChI=1S/C29H25N5O2/c1-20(35)23-8-5-9-25-24(23)12-10-22(31-25)11-13-26-28(21-6-3-2-4-7-21)34-29(32-26)27(14-15-30-34)33-16-18-36-19-17-33/h2-15H,16-19H2,1H3/b13-11+. The average molecular weight is 476 g/mol. The summed E-state index contributed by atoms with van der Waals surface area (Å²) in [6.07, 6.45) is 5.78. The molecule has 0 spiro atoms. The lowest BCUT2D eigenvalue weighted by Gasteiger charge is -2.28. The van der Waals surface area contributed by atoms with E-state index in [1.54, 1.807) is 6.92 Å². The molecule has 1 aliphatic heterocycles. The topological polar surface area (TPSA) is 72.6 Å². The summed E-state index contributed by atoms with van der Waals surface area (Å²) in [4.78, 5) is 24.1. The summed E-state index contributed by atoms with van der Waals surface area (Å²) >= 11 is 0. The van der Waals surface area contributed by atoms with Gasteiger partial charge in [-0.1, -0.05) is 42.5 Å². The highest BCUT2D eigenvalue weighted by atomic mass is 16.5. The van der Waals surface area contributed by atoms with E-state index in [0.717, 1.165) is 58.0 Å². The minimum absolute atomic E-state index is 0.0338. The van der Waals surface area contributed by atoms with Crippen molar-refractivity contribution in [2.45, 2.75) is 6.92 Å². The number of imidazole rings is 1. The van der Waals surface area contributed by atoms with Gasteiger partial charge < -0.3 is 9.64 Å². The lowest BCUT2D eigenvalue weighted by Crippen LogP contribution is -2.36. The number of carbonyl (C=O) groups is 1. The number of carbonyl (C=O) groups excluding carboxylic acids is 1. The molecule has 1 fully saturated rings. The van der Waals surface area contributed by atoms with Gasteiger partial charge in [0.05, 0.1) is 42.0 Å². The Morgan fingerprint density at radius 2 is 1.75 bits per heavy atom. The van der Waals surface area contributed by atoms with Crippen LogP contribution >= 0.6 is 0 Å². The number of morpholine rings is 1. The van der Waals surface area contributed by atoms with Crippen LogP contribution in [0.25, 0.3) is 40.0 Å². The lowest BCUT2D eigenvalue weighted by atomic mass is 10.0. The molecule has 0 aliphatic carbocycles. The normalized spacial score (nSPS) is 14.2. The molecule has 5 aromatic rings. The van der Waals surface area contributed by atoms with Gasteiger partial charge in [0.25, 0.3) is 0 Å². The summed E-state index contributed by atoms with van der Waals surface area (Å²) in [5.74, 6) is 0.0338. The molecule has 36 heavy (non-hydrogen) atoms. The fourth-order valence-corrected chi connectivity index (χ4v) is 4.72. The number of ether oxygens (including phenoxy) is 1. The van der Waals surface area contributed by atoms with Crippen LogP contribution in [0.2, 0.25) is 0 Å². The van der Waals surface area contributed by atoms with Crippen molar-refractivity contribution in [2.75, 3.05) is 31.2 Å². The number of anilines is 1. The van der Waals surface area contributed by atoms with Gasteiger partial charge in [0.2, 0.25) is 0 Å². The molecule has 178 valence electrons. The predicted molar refractivity (Wildman–Crippen MR) is 142 cm³/mol. The molecule has 0 amide bonds. The SMILES string of the molecule is CC(=O)c1cccc2nc(/C=C/c3nc4c(N5CCOCC5)ccnn4c3-c3ccccc3)ccc12. The second-order valence-corrected chi connectivity index (χ2v) is 8.76. The summed E-state index contributed by atoms with van der Waals surface area (Å²) in [5, 5.41) is 5.53. The van der Waals surface area contributed by atoms with Crippen molar-refractivity contribution in [1.82, 2.24) is 19.6 Å². The minimum atomic E-state index is 0.0338. The first-order valence-corrected chi connectivity index (χ1v) is 12.0. The maximum Gasteiger partial charge on any atom is 0.178 e. The fourth-order valence-electron chi connectivity index (χ4n) is 4.72. The number of aromatic nitrogens is 4. The van der Waals surface area contributed by atoms with Crippen LogP contribution in [0.1, 0.15) is 28.7 Å².